The summed E-state index contributed by atoms with van der Waals surface area (Å²) in [6.45, 7) is 3.89. The van der Waals surface area contributed by atoms with Gasteiger partial charge in [0.05, 0.1) is 36.8 Å². The highest BCUT2D eigenvalue weighted by Gasteiger charge is 2.27. The van der Waals surface area contributed by atoms with E-state index < -0.39 is 0 Å². The molecular weight excluding hydrogens is 419 g/mol. The van der Waals surface area contributed by atoms with Gasteiger partial charge in [0.15, 0.2) is 0 Å². The number of rotatable bonds is 5. The summed E-state index contributed by atoms with van der Waals surface area (Å²) >= 11 is 0. The second-order valence-corrected chi connectivity index (χ2v) is 8.29. The minimum Gasteiger partial charge on any atom is -0.378 e. The number of nitrogens with one attached hydrogen (secondary N) is 2. The summed E-state index contributed by atoms with van der Waals surface area (Å²) in [5, 5.41) is 8.56. The maximum Gasteiger partial charge on any atom is 0.130 e. The van der Waals surface area contributed by atoms with Gasteiger partial charge in [0, 0.05) is 19.6 Å². The van der Waals surface area contributed by atoms with Crippen LogP contribution in [0.2, 0.25) is 0 Å². The molecule has 0 bridgehead atoms. The van der Waals surface area contributed by atoms with E-state index in [2.05, 4.69) is 14.9 Å². The summed E-state index contributed by atoms with van der Waals surface area (Å²) in [4.78, 5) is 16.7. The summed E-state index contributed by atoms with van der Waals surface area (Å²) in [5.41, 5.74) is 2.57. The standard InChI is InChI=1S/C25H27FN6O/c26-19-5-1-4-18(16-19)22-7-3-11-32(22)23(27)9-10-24-28-17-21(29-24)20-6-2-8-25(30-20)31-12-14-33-15-13-31/h1-2,4-6,8-10,16-17,22,27H,3,7,11-15H2,(H,28,29)/b10-9-,27-23?. The lowest BCUT2D eigenvalue weighted by molar-refractivity contribution is 0.122. The van der Waals surface area contributed by atoms with Crippen molar-refractivity contribution in [3.8, 4) is 11.4 Å². The lowest BCUT2D eigenvalue weighted by atomic mass is 10.0. The Morgan fingerprint density at radius 1 is 1.15 bits per heavy atom. The van der Waals surface area contributed by atoms with Crippen molar-refractivity contribution in [2.75, 3.05) is 37.7 Å². The number of hydrogen-bond acceptors (Lipinski definition) is 5. The first-order chi connectivity index (χ1) is 16.2. The number of ether oxygens (including phenoxy) is 1. The molecule has 4 heterocycles. The van der Waals surface area contributed by atoms with E-state index in [0.29, 0.717) is 24.9 Å². The number of anilines is 1. The topological polar surface area (TPSA) is 81.1 Å². The molecule has 1 aromatic carbocycles. The molecule has 170 valence electrons. The molecule has 2 saturated heterocycles. The first-order valence-corrected chi connectivity index (χ1v) is 11.3. The lowest BCUT2D eigenvalue weighted by Crippen LogP contribution is -2.36. The Morgan fingerprint density at radius 3 is 2.85 bits per heavy atom. The van der Waals surface area contributed by atoms with Gasteiger partial charge in [-0.3, -0.25) is 5.41 Å². The van der Waals surface area contributed by atoms with E-state index in [1.54, 1.807) is 30.5 Å². The fraction of sp³-hybridized carbons (Fsp3) is 0.320. The number of H-pyrrole nitrogens is 1. The highest BCUT2D eigenvalue weighted by atomic mass is 19.1. The summed E-state index contributed by atoms with van der Waals surface area (Å²) in [7, 11) is 0. The van der Waals surface area contributed by atoms with Crippen LogP contribution in [0.1, 0.15) is 30.3 Å². The highest BCUT2D eigenvalue weighted by Crippen LogP contribution is 2.32. The van der Waals surface area contributed by atoms with E-state index in [1.807, 2.05) is 29.2 Å². The molecule has 7 nitrogen and oxygen atoms in total. The third-order valence-corrected chi connectivity index (χ3v) is 6.14. The predicted octanol–water partition coefficient (Wildman–Crippen LogP) is 4.27. The van der Waals surface area contributed by atoms with Crippen molar-refractivity contribution >= 4 is 17.7 Å². The van der Waals surface area contributed by atoms with Gasteiger partial charge in [-0.25, -0.2) is 14.4 Å². The second kappa shape index (κ2) is 9.54. The fourth-order valence-electron chi connectivity index (χ4n) is 4.46. The number of halogens is 1. The van der Waals surface area contributed by atoms with Crippen LogP contribution in [0, 0.1) is 11.2 Å². The quantitative estimate of drug-likeness (QED) is 0.452. The molecule has 2 aromatic heterocycles. The van der Waals surface area contributed by atoms with Gasteiger partial charge >= 0.3 is 0 Å². The van der Waals surface area contributed by atoms with Gasteiger partial charge in [-0.05, 0) is 54.8 Å². The van der Waals surface area contributed by atoms with Gasteiger partial charge in [0.2, 0.25) is 0 Å². The van der Waals surface area contributed by atoms with E-state index in [1.165, 1.54) is 6.07 Å². The maximum absolute atomic E-state index is 13.7. The summed E-state index contributed by atoms with van der Waals surface area (Å²) in [6.07, 6.45) is 7.21. The van der Waals surface area contributed by atoms with Gasteiger partial charge < -0.3 is 19.5 Å². The van der Waals surface area contributed by atoms with Crippen LogP contribution in [0.5, 0.6) is 0 Å². The Morgan fingerprint density at radius 2 is 2.00 bits per heavy atom. The molecule has 1 unspecified atom stereocenters. The number of aromatic amines is 1. The zero-order valence-corrected chi connectivity index (χ0v) is 18.4. The lowest BCUT2D eigenvalue weighted by Gasteiger charge is -2.27. The SMILES string of the molecule is N=C(/C=C\c1ncc(-c2cccc(N3CCOCC3)n2)[nH]1)N1CCCC1c1cccc(F)c1. The van der Waals surface area contributed by atoms with Crippen molar-refractivity contribution in [1.29, 1.82) is 5.41 Å². The molecule has 2 fully saturated rings. The number of hydrogen-bond donors (Lipinski definition) is 2. The Bertz CT molecular complexity index is 1150. The molecule has 2 aliphatic rings. The molecule has 33 heavy (non-hydrogen) atoms. The number of aromatic nitrogens is 3. The number of likely N-dealkylation sites (tertiary alicyclic amines) is 1. The minimum atomic E-state index is -0.240. The van der Waals surface area contributed by atoms with Crippen LogP contribution in [0.15, 0.2) is 54.7 Å². The van der Waals surface area contributed by atoms with Crippen molar-refractivity contribution in [3.05, 3.63) is 71.9 Å². The number of morpholine rings is 1. The van der Waals surface area contributed by atoms with Gasteiger partial charge in [-0.2, -0.15) is 0 Å². The third-order valence-electron chi connectivity index (χ3n) is 6.14. The smallest absolute Gasteiger partial charge is 0.130 e. The van der Waals surface area contributed by atoms with Crippen molar-refractivity contribution in [2.24, 2.45) is 0 Å². The molecular formula is C25H27FN6O. The van der Waals surface area contributed by atoms with Crippen LogP contribution in [-0.2, 0) is 4.74 Å². The molecule has 2 aliphatic heterocycles. The van der Waals surface area contributed by atoms with Crippen molar-refractivity contribution in [3.63, 3.8) is 0 Å². The van der Waals surface area contributed by atoms with Crippen LogP contribution < -0.4 is 4.90 Å². The first-order valence-electron chi connectivity index (χ1n) is 11.3. The Balaban J connectivity index is 1.28. The predicted molar refractivity (Wildman–Crippen MR) is 127 cm³/mol. The van der Waals surface area contributed by atoms with Crippen LogP contribution >= 0.6 is 0 Å². The van der Waals surface area contributed by atoms with Crippen molar-refractivity contribution < 1.29 is 9.13 Å². The molecule has 0 spiro atoms. The maximum atomic E-state index is 13.7. The molecule has 5 rings (SSSR count). The van der Waals surface area contributed by atoms with Crippen LogP contribution in [-0.4, -0.2) is 58.5 Å². The summed E-state index contributed by atoms with van der Waals surface area (Å²) < 4.78 is 19.1. The van der Waals surface area contributed by atoms with E-state index in [4.69, 9.17) is 15.1 Å². The van der Waals surface area contributed by atoms with Crippen LogP contribution in [0.3, 0.4) is 0 Å². The first kappa shape index (κ1) is 21.3. The van der Waals surface area contributed by atoms with Gasteiger partial charge in [-0.15, -0.1) is 0 Å². The Kier molecular flexibility index (Phi) is 6.17. The number of amidine groups is 1. The molecule has 0 radical (unpaired) electrons. The Labute approximate surface area is 192 Å². The van der Waals surface area contributed by atoms with Gasteiger partial charge in [0.25, 0.3) is 0 Å². The number of pyridine rings is 1. The Hall–Kier alpha value is -3.52. The number of benzene rings is 1. The fourth-order valence-corrected chi connectivity index (χ4v) is 4.46. The molecule has 3 aromatic rings. The normalized spacial score (nSPS) is 18.9. The second-order valence-electron chi connectivity index (χ2n) is 8.29. The van der Waals surface area contributed by atoms with Gasteiger partial charge in [-0.1, -0.05) is 18.2 Å². The average molecular weight is 447 g/mol. The zero-order valence-electron chi connectivity index (χ0n) is 18.4. The summed E-state index contributed by atoms with van der Waals surface area (Å²) in [6, 6.07) is 12.7. The third kappa shape index (κ3) is 4.80. The molecule has 1 atom stereocenters. The largest absolute Gasteiger partial charge is 0.378 e. The van der Waals surface area contributed by atoms with Crippen LogP contribution in [0.25, 0.3) is 17.5 Å². The molecule has 2 N–H and O–H groups in total. The molecule has 0 amide bonds. The summed E-state index contributed by atoms with van der Waals surface area (Å²) in [5.74, 6) is 1.75. The van der Waals surface area contributed by atoms with E-state index >= 15 is 0 Å². The van der Waals surface area contributed by atoms with Gasteiger partial charge in [0.1, 0.15) is 23.3 Å². The van der Waals surface area contributed by atoms with Crippen LogP contribution in [0.4, 0.5) is 10.2 Å². The minimum absolute atomic E-state index is 0.0251. The number of nitrogens with zero attached hydrogens (tertiary/aromatic N) is 4. The van der Waals surface area contributed by atoms with Crippen molar-refractivity contribution in [2.45, 2.75) is 18.9 Å². The average Bonchev–Trinajstić information content (AvgIpc) is 3.53. The van der Waals surface area contributed by atoms with E-state index in [9.17, 15) is 4.39 Å². The highest BCUT2D eigenvalue weighted by molar-refractivity contribution is 5.94. The zero-order chi connectivity index (χ0) is 22.6. The van der Waals surface area contributed by atoms with E-state index in [-0.39, 0.29) is 11.9 Å². The number of imidazole rings is 1. The molecule has 8 heteroatoms. The molecule has 0 saturated carbocycles. The van der Waals surface area contributed by atoms with E-state index in [0.717, 1.165) is 55.2 Å². The molecule has 0 aliphatic carbocycles. The van der Waals surface area contributed by atoms with Crippen molar-refractivity contribution in [1.82, 2.24) is 19.9 Å². The monoisotopic (exact) mass is 446 g/mol.